The van der Waals surface area contributed by atoms with Gasteiger partial charge < -0.3 is 10.0 Å². The summed E-state index contributed by atoms with van der Waals surface area (Å²) in [6.45, 7) is 2.73. The van der Waals surface area contributed by atoms with E-state index in [4.69, 9.17) is 0 Å². The second kappa shape index (κ2) is 5.57. The quantitative estimate of drug-likeness (QED) is 0.911. The average Bonchev–Trinajstić information content (AvgIpc) is 2.41. The molecule has 98 valence electrons. The Morgan fingerprint density at radius 1 is 1.11 bits per heavy atom. The predicted octanol–water partition coefficient (Wildman–Crippen LogP) is 3.33. The molecule has 2 aromatic carbocycles. The van der Waals surface area contributed by atoms with Crippen LogP contribution in [-0.2, 0) is 6.54 Å². The summed E-state index contributed by atoms with van der Waals surface area (Å²) in [5.41, 5.74) is 3.44. The molecule has 0 amide bonds. The zero-order chi connectivity index (χ0) is 13.8. The van der Waals surface area contributed by atoms with Crippen molar-refractivity contribution in [2.75, 3.05) is 11.9 Å². The van der Waals surface area contributed by atoms with Crippen LogP contribution in [0.4, 0.5) is 5.69 Å². The van der Waals surface area contributed by atoms with Crippen molar-refractivity contribution in [1.82, 2.24) is 0 Å². The smallest absolute Gasteiger partial charge is 0.337 e. The number of para-hydroxylation sites is 1. The summed E-state index contributed by atoms with van der Waals surface area (Å²) in [6.07, 6.45) is 0. The van der Waals surface area contributed by atoms with Crippen LogP contribution in [0.3, 0.4) is 0 Å². The third kappa shape index (κ3) is 3.13. The Balaban J connectivity index is 2.22. The number of hydrogen-bond acceptors (Lipinski definition) is 2. The lowest BCUT2D eigenvalue weighted by molar-refractivity contribution is 0.0697. The zero-order valence-electron chi connectivity index (χ0n) is 11.1. The highest BCUT2D eigenvalue weighted by atomic mass is 16.4. The number of benzene rings is 2. The van der Waals surface area contributed by atoms with Gasteiger partial charge in [0.05, 0.1) is 11.3 Å². The van der Waals surface area contributed by atoms with Crippen LogP contribution >= 0.6 is 0 Å². The van der Waals surface area contributed by atoms with Crippen LogP contribution in [0.15, 0.2) is 48.5 Å². The number of anilines is 1. The van der Waals surface area contributed by atoms with Crippen molar-refractivity contribution in [3.8, 4) is 0 Å². The summed E-state index contributed by atoms with van der Waals surface area (Å²) < 4.78 is 0. The molecule has 0 aliphatic rings. The maximum atomic E-state index is 11.2. The third-order valence-corrected chi connectivity index (χ3v) is 3.09. The summed E-state index contributed by atoms with van der Waals surface area (Å²) >= 11 is 0. The summed E-state index contributed by atoms with van der Waals surface area (Å²) in [7, 11) is 1.90. The van der Waals surface area contributed by atoms with Crippen molar-refractivity contribution in [3.05, 3.63) is 65.2 Å². The minimum absolute atomic E-state index is 0.331. The largest absolute Gasteiger partial charge is 0.478 e. The number of rotatable bonds is 4. The fourth-order valence-corrected chi connectivity index (χ4v) is 2.04. The second-order valence-electron chi connectivity index (χ2n) is 4.66. The molecule has 3 nitrogen and oxygen atoms in total. The van der Waals surface area contributed by atoms with E-state index in [0.29, 0.717) is 12.1 Å². The molecule has 2 aromatic rings. The van der Waals surface area contributed by atoms with E-state index in [1.165, 1.54) is 5.56 Å². The lowest BCUT2D eigenvalue weighted by Gasteiger charge is -2.21. The van der Waals surface area contributed by atoms with Gasteiger partial charge in [-0.3, -0.25) is 0 Å². The molecule has 0 aliphatic heterocycles. The van der Waals surface area contributed by atoms with Crippen molar-refractivity contribution >= 4 is 11.7 Å². The lowest BCUT2D eigenvalue weighted by Crippen LogP contribution is -2.19. The van der Waals surface area contributed by atoms with Crippen LogP contribution in [0.25, 0.3) is 0 Å². The molecule has 3 heteroatoms. The van der Waals surface area contributed by atoms with Crippen LogP contribution in [-0.4, -0.2) is 18.1 Å². The number of hydrogen-bond donors (Lipinski definition) is 1. The van der Waals surface area contributed by atoms with Crippen LogP contribution < -0.4 is 4.90 Å². The van der Waals surface area contributed by atoms with Gasteiger partial charge in [-0.25, -0.2) is 4.79 Å². The van der Waals surface area contributed by atoms with E-state index in [0.717, 1.165) is 11.3 Å². The molecule has 0 unspecified atom stereocenters. The number of carboxylic acid groups (broad SMARTS) is 1. The number of carbonyl (C=O) groups is 1. The molecule has 2 rings (SSSR count). The number of aromatic carboxylic acids is 1. The highest BCUT2D eigenvalue weighted by Gasteiger charge is 2.12. The Kier molecular flexibility index (Phi) is 3.85. The van der Waals surface area contributed by atoms with Crippen LogP contribution in [0.2, 0.25) is 0 Å². The first-order valence-electron chi connectivity index (χ1n) is 6.17. The molecular weight excluding hydrogens is 238 g/mol. The maximum absolute atomic E-state index is 11.2. The molecule has 0 aliphatic carbocycles. The Hall–Kier alpha value is -2.29. The van der Waals surface area contributed by atoms with Gasteiger partial charge in [-0.15, -0.1) is 0 Å². The van der Waals surface area contributed by atoms with Crippen molar-refractivity contribution in [2.45, 2.75) is 13.5 Å². The minimum Gasteiger partial charge on any atom is -0.478 e. The molecule has 19 heavy (non-hydrogen) atoms. The van der Waals surface area contributed by atoms with Gasteiger partial charge in [-0.05, 0) is 24.6 Å². The molecule has 0 heterocycles. The first kappa shape index (κ1) is 13.1. The van der Waals surface area contributed by atoms with Gasteiger partial charge in [0, 0.05) is 13.6 Å². The zero-order valence-corrected chi connectivity index (χ0v) is 11.1. The number of aryl methyl sites for hydroxylation is 1. The molecule has 0 saturated heterocycles. The fraction of sp³-hybridized carbons (Fsp3) is 0.188. The van der Waals surface area contributed by atoms with Crippen molar-refractivity contribution in [1.29, 1.82) is 0 Å². The summed E-state index contributed by atoms with van der Waals surface area (Å²) in [4.78, 5) is 13.1. The van der Waals surface area contributed by atoms with E-state index in [9.17, 15) is 9.90 Å². The lowest BCUT2D eigenvalue weighted by atomic mass is 10.1. The molecule has 0 aromatic heterocycles. The molecule has 0 spiro atoms. The molecular formula is C16H17NO2. The highest BCUT2D eigenvalue weighted by Crippen LogP contribution is 2.21. The summed E-state index contributed by atoms with van der Waals surface area (Å²) in [6, 6.07) is 15.3. The van der Waals surface area contributed by atoms with Crippen LogP contribution in [0, 0.1) is 6.92 Å². The van der Waals surface area contributed by atoms with Gasteiger partial charge in [0.15, 0.2) is 0 Å². The average molecular weight is 255 g/mol. The molecule has 0 radical (unpaired) electrons. The first-order chi connectivity index (χ1) is 9.08. The van der Waals surface area contributed by atoms with Gasteiger partial charge in [0.2, 0.25) is 0 Å². The van der Waals surface area contributed by atoms with Crippen LogP contribution in [0.5, 0.6) is 0 Å². The van der Waals surface area contributed by atoms with E-state index in [1.807, 2.05) is 31.0 Å². The van der Waals surface area contributed by atoms with E-state index < -0.39 is 5.97 Å². The Labute approximate surface area is 113 Å². The fourth-order valence-electron chi connectivity index (χ4n) is 2.04. The van der Waals surface area contributed by atoms with Gasteiger partial charge >= 0.3 is 5.97 Å². The standard InChI is InChI=1S/C16H17NO2/c1-12-7-9-13(10-8-12)11-17(2)15-6-4-3-5-14(15)16(18)19/h3-10H,11H2,1-2H3,(H,18,19). The Morgan fingerprint density at radius 3 is 2.37 bits per heavy atom. The third-order valence-electron chi connectivity index (χ3n) is 3.09. The summed E-state index contributed by atoms with van der Waals surface area (Å²) in [5, 5.41) is 9.19. The minimum atomic E-state index is -0.897. The summed E-state index contributed by atoms with van der Waals surface area (Å²) in [5.74, 6) is -0.897. The van der Waals surface area contributed by atoms with Gasteiger partial charge in [0.1, 0.15) is 0 Å². The Morgan fingerprint density at radius 2 is 1.74 bits per heavy atom. The highest BCUT2D eigenvalue weighted by molar-refractivity contribution is 5.94. The number of nitrogens with zero attached hydrogens (tertiary/aromatic N) is 1. The van der Waals surface area contributed by atoms with Gasteiger partial charge in [-0.1, -0.05) is 42.0 Å². The normalized spacial score (nSPS) is 10.2. The van der Waals surface area contributed by atoms with Crippen molar-refractivity contribution < 1.29 is 9.90 Å². The Bertz CT molecular complexity index is 576. The molecule has 0 bridgehead atoms. The first-order valence-corrected chi connectivity index (χ1v) is 6.17. The van der Waals surface area contributed by atoms with E-state index >= 15 is 0 Å². The monoisotopic (exact) mass is 255 g/mol. The molecule has 1 N–H and O–H groups in total. The van der Waals surface area contributed by atoms with E-state index in [-0.39, 0.29) is 0 Å². The second-order valence-corrected chi connectivity index (χ2v) is 4.66. The SMILES string of the molecule is Cc1ccc(CN(C)c2ccccc2C(=O)O)cc1. The predicted molar refractivity (Wildman–Crippen MR) is 76.7 cm³/mol. The number of carboxylic acids is 1. The molecule has 0 saturated carbocycles. The van der Waals surface area contributed by atoms with Crippen molar-refractivity contribution in [2.24, 2.45) is 0 Å². The van der Waals surface area contributed by atoms with Crippen molar-refractivity contribution in [3.63, 3.8) is 0 Å². The van der Waals surface area contributed by atoms with Gasteiger partial charge in [0.25, 0.3) is 0 Å². The molecule has 0 atom stereocenters. The van der Waals surface area contributed by atoms with E-state index in [2.05, 4.69) is 24.3 Å². The topological polar surface area (TPSA) is 40.5 Å². The van der Waals surface area contributed by atoms with Crippen LogP contribution in [0.1, 0.15) is 21.5 Å². The van der Waals surface area contributed by atoms with Gasteiger partial charge in [-0.2, -0.15) is 0 Å². The molecule has 0 fully saturated rings. The van der Waals surface area contributed by atoms with E-state index in [1.54, 1.807) is 12.1 Å². The maximum Gasteiger partial charge on any atom is 0.337 e.